The van der Waals surface area contributed by atoms with E-state index in [1.54, 1.807) is 13.3 Å². The number of hydrogen-bond acceptors (Lipinski definition) is 3. The Morgan fingerprint density at radius 1 is 1.35 bits per heavy atom. The van der Waals surface area contributed by atoms with Gasteiger partial charge in [0, 0.05) is 28.9 Å². The number of methoxy groups -OCH3 is 1. The van der Waals surface area contributed by atoms with Gasteiger partial charge in [-0.2, -0.15) is 0 Å². The fourth-order valence-corrected chi connectivity index (χ4v) is 1.81. The van der Waals surface area contributed by atoms with Crippen LogP contribution in [0.4, 0.5) is 5.82 Å². The lowest BCUT2D eigenvalue weighted by molar-refractivity contribution is 0.420. The summed E-state index contributed by atoms with van der Waals surface area (Å²) in [5.74, 6) is 1.70. The van der Waals surface area contributed by atoms with Gasteiger partial charge in [-0.15, -0.1) is 11.6 Å². The van der Waals surface area contributed by atoms with Crippen molar-refractivity contribution in [1.29, 1.82) is 0 Å². The largest absolute Gasteiger partial charge is 0.496 e. The van der Waals surface area contributed by atoms with Crippen LogP contribution in [-0.4, -0.2) is 24.0 Å². The molecule has 0 saturated carbocycles. The first-order valence-corrected chi connectivity index (χ1v) is 5.95. The number of ether oxygens (including phenoxy) is 1. The molecule has 0 aliphatic carbocycles. The fourth-order valence-electron chi connectivity index (χ4n) is 1.73. The zero-order valence-electron chi connectivity index (χ0n) is 9.90. The lowest BCUT2D eigenvalue weighted by Gasteiger charge is -2.11. The molecule has 0 spiro atoms. The molecule has 0 aliphatic rings. The summed E-state index contributed by atoms with van der Waals surface area (Å²) < 4.78 is 5.33. The first-order chi connectivity index (χ1) is 8.22. The molecule has 3 nitrogen and oxygen atoms in total. The second kappa shape index (κ2) is 5.23. The average Bonchev–Trinajstić information content (AvgIpc) is 2.35. The smallest absolute Gasteiger partial charge is 0.134 e. The van der Waals surface area contributed by atoms with E-state index in [1.807, 2.05) is 31.2 Å². The summed E-state index contributed by atoms with van der Waals surface area (Å²) in [5, 5.41) is 5.40. The van der Waals surface area contributed by atoms with E-state index in [9.17, 15) is 0 Å². The van der Waals surface area contributed by atoms with Crippen molar-refractivity contribution < 1.29 is 4.74 Å². The predicted molar refractivity (Wildman–Crippen MR) is 72.1 cm³/mol. The number of halogens is 1. The van der Waals surface area contributed by atoms with Gasteiger partial charge in [0.1, 0.15) is 11.6 Å². The van der Waals surface area contributed by atoms with Crippen molar-refractivity contribution in [3.05, 3.63) is 30.5 Å². The molecule has 1 N–H and O–H groups in total. The number of alkyl halides is 1. The van der Waals surface area contributed by atoms with Crippen molar-refractivity contribution in [2.45, 2.75) is 12.3 Å². The molecule has 0 bridgehead atoms. The summed E-state index contributed by atoms with van der Waals surface area (Å²) in [7, 11) is 1.67. The van der Waals surface area contributed by atoms with Crippen LogP contribution in [0.2, 0.25) is 0 Å². The molecule has 1 aromatic carbocycles. The van der Waals surface area contributed by atoms with Gasteiger partial charge in [-0.05, 0) is 19.1 Å². The molecule has 0 fully saturated rings. The van der Waals surface area contributed by atoms with Gasteiger partial charge in [0.25, 0.3) is 0 Å². The van der Waals surface area contributed by atoms with Gasteiger partial charge in [0.2, 0.25) is 0 Å². The molecular weight excluding hydrogens is 236 g/mol. The Bertz CT molecular complexity index is 514. The van der Waals surface area contributed by atoms with Gasteiger partial charge < -0.3 is 10.1 Å². The molecule has 1 heterocycles. The van der Waals surface area contributed by atoms with Gasteiger partial charge >= 0.3 is 0 Å². The normalized spacial score (nSPS) is 12.4. The van der Waals surface area contributed by atoms with E-state index < -0.39 is 0 Å². The minimum absolute atomic E-state index is 0.0673. The van der Waals surface area contributed by atoms with Gasteiger partial charge in [0.05, 0.1) is 7.11 Å². The Labute approximate surface area is 106 Å². The highest BCUT2D eigenvalue weighted by Gasteiger charge is 2.06. The zero-order chi connectivity index (χ0) is 12.3. The monoisotopic (exact) mass is 250 g/mol. The molecule has 1 unspecified atom stereocenters. The Morgan fingerprint density at radius 3 is 2.88 bits per heavy atom. The van der Waals surface area contributed by atoms with Gasteiger partial charge in [-0.3, -0.25) is 0 Å². The van der Waals surface area contributed by atoms with Crippen LogP contribution >= 0.6 is 11.6 Å². The van der Waals surface area contributed by atoms with E-state index in [-0.39, 0.29) is 5.38 Å². The van der Waals surface area contributed by atoms with Crippen molar-refractivity contribution in [2.24, 2.45) is 0 Å². The van der Waals surface area contributed by atoms with Crippen molar-refractivity contribution in [1.82, 2.24) is 4.98 Å². The standard InChI is InChI=1S/C13H15ClN2O/c1-9(14)8-16-13-11-4-3-5-12(17-2)10(11)6-7-15-13/h3-7,9H,8H2,1-2H3,(H,15,16). The quantitative estimate of drug-likeness (QED) is 0.846. The molecule has 0 aliphatic heterocycles. The van der Waals surface area contributed by atoms with E-state index in [0.717, 1.165) is 22.3 Å². The molecular formula is C13H15ClN2O. The minimum atomic E-state index is 0.0673. The third-order valence-electron chi connectivity index (χ3n) is 2.54. The number of nitrogens with one attached hydrogen (secondary N) is 1. The minimum Gasteiger partial charge on any atom is -0.496 e. The number of rotatable bonds is 4. The Kier molecular flexibility index (Phi) is 3.69. The second-order valence-corrected chi connectivity index (χ2v) is 4.62. The lowest BCUT2D eigenvalue weighted by Crippen LogP contribution is -2.11. The Morgan fingerprint density at radius 2 is 2.18 bits per heavy atom. The highest BCUT2D eigenvalue weighted by atomic mass is 35.5. The van der Waals surface area contributed by atoms with Crippen LogP contribution in [0.1, 0.15) is 6.92 Å². The molecule has 0 amide bonds. The first kappa shape index (κ1) is 12.0. The van der Waals surface area contributed by atoms with E-state index >= 15 is 0 Å². The van der Waals surface area contributed by atoms with Crippen LogP contribution in [-0.2, 0) is 0 Å². The third-order valence-corrected chi connectivity index (χ3v) is 2.69. The molecule has 17 heavy (non-hydrogen) atoms. The van der Waals surface area contributed by atoms with Gasteiger partial charge in [0.15, 0.2) is 0 Å². The van der Waals surface area contributed by atoms with Crippen LogP contribution < -0.4 is 10.1 Å². The summed E-state index contributed by atoms with van der Waals surface area (Å²) in [6.07, 6.45) is 1.77. The number of anilines is 1. The summed E-state index contributed by atoms with van der Waals surface area (Å²) in [4.78, 5) is 4.33. The van der Waals surface area contributed by atoms with Crippen LogP contribution in [0.3, 0.4) is 0 Å². The summed E-state index contributed by atoms with van der Waals surface area (Å²) in [5.41, 5.74) is 0. The summed E-state index contributed by atoms with van der Waals surface area (Å²) in [6.45, 7) is 2.63. The second-order valence-electron chi connectivity index (χ2n) is 3.88. The van der Waals surface area contributed by atoms with Crippen LogP contribution in [0.5, 0.6) is 5.75 Å². The zero-order valence-corrected chi connectivity index (χ0v) is 10.7. The molecule has 1 atom stereocenters. The topological polar surface area (TPSA) is 34.1 Å². The van der Waals surface area contributed by atoms with Crippen molar-refractivity contribution in [3.8, 4) is 5.75 Å². The number of nitrogens with zero attached hydrogens (tertiary/aromatic N) is 1. The summed E-state index contributed by atoms with van der Waals surface area (Å²) in [6, 6.07) is 7.87. The fraction of sp³-hybridized carbons (Fsp3) is 0.308. The lowest BCUT2D eigenvalue weighted by atomic mass is 10.1. The SMILES string of the molecule is COc1cccc2c(NCC(C)Cl)nccc12. The van der Waals surface area contributed by atoms with Gasteiger partial charge in [-0.25, -0.2) is 4.98 Å². The number of fused-ring (bicyclic) bond motifs is 1. The highest BCUT2D eigenvalue weighted by Crippen LogP contribution is 2.28. The Balaban J connectivity index is 2.43. The number of benzene rings is 1. The van der Waals surface area contributed by atoms with Crippen LogP contribution in [0.15, 0.2) is 30.5 Å². The Hall–Kier alpha value is -1.48. The molecule has 4 heteroatoms. The molecule has 0 radical (unpaired) electrons. The van der Waals surface area contributed by atoms with Crippen LogP contribution in [0.25, 0.3) is 10.8 Å². The van der Waals surface area contributed by atoms with E-state index in [2.05, 4.69) is 10.3 Å². The van der Waals surface area contributed by atoms with E-state index in [1.165, 1.54) is 0 Å². The highest BCUT2D eigenvalue weighted by molar-refractivity contribution is 6.20. The van der Waals surface area contributed by atoms with Crippen LogP contribution in [0, 0.1) is 0 Å². The maximum Gasteiger partial charge on any atom is 0.134 e. The first-order valence-electron chi connectivity index (χ1n) is 5.52. The maximum absolute atomic E-state index is 5.92. The predicted octanol–water partition coefficient (Wildman–Crippen LogP) is 3.28. The molecule has 1 aromatic heterocycles. The van der Waals surface area contributed by atoms with E-state index in [0.29, 0.717) is 6.54 Å². The number of pyridine rings is 1. The molecule has 90 valence electrons. The van der Waals surface area contributed by atoms with Gasteiger partial charge in [-0.1, -0.05) is 12.1 Å². The average molecular weight is 251 g/mol. The molecule has 0 saturated heterocycles. The maximum atomic E-state index is 5.92. The van der Waals surface area contributed by atoms with E-state index in [4.69, 9.17) is 16.3 Å². The molecule has 2 aromatic rings. The number of hydrogen-bond donors (Lipinski definition) is 1. The number of aromatic nitrogens is 1. The van der Waals surface area contributed by atoms with Crippen molar-refractivity contribution in [3.63, 3.8) is 0 Å². The van der Waals surface area contributed by atoms with Crippen molar-refractivity contribution >= 4 is 28.2 Å². The summed E-state index contributed by atoms with van der Waals surface area (Å²) >= 11 is 5.92. The van der Waals surface area contributed by atoms with Crippen molar-refractivity contribution in [2.75, 3.05) is 19.0 Å². The molecule has 2 rings (SSSR count). The third kappa shape index (κ3) is 2.61.